The molecule has 0 N–H and O–H groups in total. The molecule has 4 nitrogen and oxygen atoms in total. The first-order valence-corrected chi connectivity index (χ1v) is 9.00. The summed E-state index contributed by atoms with van der Waals surface area (Å²) in [5, 5.41) is 0. The highest BCUT2D eigenvalue weighted by Crippen LogP contribution is 2.26. The molecule has 2 aromatic carbocycles. The number of nitrogens with zero attached hydrogens (tertiary/aromatic N) is 1. The zero-order chi connectivity index (χ0) is 19.8. The summed E-state index contributed by atoms with van der Waals surface area (Å²) in [6, 6.07) is 13.6. The Kier molecular flexibility index (Phi) is 7.45. The number of hydrogen-bond acceptors (Lipinski definition) is 4. The summed E-state index contributed by atoms with van der Waals surface area (Å²) >= 11 is 0. The molecule has 2 rings (SSSR count). The van der Waals surface area contributed by atoms with Gasteiger partial charge in [0.1, 0.15) is 24.7 Å². The van der Waals surface area contributed by atoms with Gasteiger partial charge in [0, 0.05) is 6.04 Å². The number of ketones is 1. The van der Waals surface area contributed by atoms with Crippen LogP contribution in [0, 0.1) is 19.3 Å². The molecular weight excluding hydrogens is 338 g/mol. The van der Waals surface area contributed by atoms with Crippen LogP contribution in [0.15, 0.2) is 42.5 Å². The number of rotatable bonds is 9. The average Bonchev–Trinajstić information content (AvgIpc) is 2.64. The van der Waals surface area contributed by atoms with E-state index in [4.69, 9.17) is 15.9 Å². The highest BCUT2D eigenvalue weighted by molar-refractivity contribution is 5.97. The number of Topliss-reactive ketones (excluding diaryl/α,β-unsaturated/α-hetero) is 1. The molecule has 1 atom stereocenters. The van der Waals surface area contributed by atoms with Gasteiger partial charge in [0.25, 0.3) is 0 Å². The zero-order valence-corrected chi connectivity index (χ0v) is 16.5. The SMILES string of the molecule is C#CCN(C)C(C)COc1ccc(OCc2cccc(C)c2)c(C(C)=O)c1. The van der Waals surface area contributed by atoms with Crippen molar-refractivity contribution in [3.05, 3.63) is 59.2 Å². The Bertz CT molecular complexity index is 823. The minimum Gasteiger partial charge on any atom is -0.492 e. The van der Waals surface area contributed by atoms with Crippen LogP contribution in [0.4, 0.5) is 0 Å². The molecular formula is C23H27NO3. The number of likely N-dealkylation sites (N-methyl/N-ethyl adjacent to an activating group) is 1. The van der Waals surface area contributed by atoms with Gasteiger partial charge in [-0.05, 0) is 51.6 Å². The van der Waals surface area contributed by atoms with Gasteiger partial charge in [-0.3, -0.25) is 9.69 Å². The Balaban J connectivity index is 2.05. The van der Waals surface area contributed by atoms with Crippen LogP contribution in [0.5, 0.6) is 11.5 Å². The van der Waals surface area contributed by atoms with Crippen molar-refractivity contribution in [2.75, 3.05) is 20.2 Å². The van der Waals surface area contributed by atoms with Crippen molar-refractivity contribution in [1.82, 2.24) is 4.90 Å². The third-order valence-corrected chi connectivity index (χ3v) is 4.39. The lowest BCUT2D eigenvalue weighted by atomic mass is 10.1. The Morgan fingerprint density at radius 3 is 2.67 bits per heavy atom. The van der Waals surface area contributed by atoms with E-state index in [2.05, 4.69) is 12.0 Å². The zero-order valence-electron chi connectivity index (χ0n) is 16.5. The minimum atomic E-state index is -0.0582. The van der Waals surface area contributed by atoms with Crippen LogP contribution >= 0.6 is 0 Å². The second-order valence-corrected chi connectivity index (χ2v) is 6.77. The molecule has 0 aliphatic carbocycles. The quantitative estimate of drug-likeness (QED) is 0.495. The lowest BCUT2D eigenvalue weighted by Gasteiger charge is -2.22. The normalized spacial score (nSPS) is 11.7. The lowest BCUT2D eigenvalue weighted by molar-refractivity contribution is 0.101. The van der Waals surface area contributed by atoms with E-state index in [0.29, 0.717) is 36.8 Å². The predicted molar refractivity (Wildman–Crippen MR) is 108 cm³/mol. The molecule has 4 heteroatoms. The second-order valence-electron chi connectivity index (χ2n) is 6.77. The van der Waals surface area contributed by atoms with Gasteiger partial charge in [-0.15, -0.1) is 6.42 Å². The minimum absolute atomic E-state index is 0.0582. The molecule has 0 saturated heterocycles. The van der Waals surface area contributed by atoms with Crippen LogP contribution in [0.25, 0.3) is 0 Å². The second kappa shape index (κ2) is 9.80. The first-order chi connectivity index (χ1) is 12.9. The Morgan fingerprint density at radius 1 is 1.22 bits per heavy atom. The van der Waals surface area contributed by atoms with Crippen LogP contribution in [-0.4, -0.2) is 36.9 Å². The summed E-state index contributed by atoms with van der Waals surface area (Å²) in [5.74, 6) is 3.77. The number of terminal acetylenes is 1. The van der Waals surface area contributed by atoms with Crippen molar-refractivity contribution in [3.8, 4) is 23.8 Å². The maximum Gasteiger partial charge on any atom is 0.163 e. The van der Waals surface area contributed by atoms with E-state index in [1.54, 1.807) is 12.1 Å². The molecule has 0 radical (unpaired) electrons. The van der Waals surface area contributed by atoms with Gasteiger partial charge in [-0.2, -0.15) is 0 Å². The maximum atomic E-state index is 12.0. The fourth-order valence-corrected chi connectivity index (χ4v) is 2.61. The van der Waals surface area contributed by atoms with Crippen molar-refractivity contribution < 1.29 is 14.3 Å². The van der Waals surface area contributed by atoms with Crippen LogP contribution in [0.2, 0.25) is 0 Å². The molecule has 0 amide bonds. The summed E-state index contributed by atoms with van der Waals surface area (Å²) in [7, 11) is 1.96. The van der Waals surface area contributed by atoms with E-state index in [9.17, 15) is 4.79 Å². The number of carbonyl (C=O) groups is 1. The van der Waals surface area contributed by atoms with Crippen LogP contribution < -0.4 is 9.47 Å². The number of aryl methyl sites for hydroxylation is 1. The molecule has 0 aliphatic heterocycles. The molecule has 1 unspecified atom stereocenters. The summed E-state index contributed by atoms with van der Waals surface area (Å²) in [6.45, 7) is 7.08. The molecule has 0 heterocycles. The molecule has 0 spiro atoms. The van der Waals surface area contributed by atoms with Gasteiger partial charge < -0.3 is 9.47 Å². The van der Waals surface area contributed by atoms with E-state index < -0.39 is 0 Å². The van der Waals surface area contributed by atoms with E-state index >= 15 is 0 Å². The van der Waals surface area contributed by atoms with E-state index in [-0.39, 0.29) is 11.8 Å². The van der Waals surface area contributed by atoms with Crippen LogP contribution in [0.1, 0.15) is 35.3 Å². The Labute approximate surface area is 162 Å². The topological polar surface area (TPSA) is 38.8 Å². The summed E-state index contributed by atoms with van der Waals surface area (Å²) in [6.07, 6.45) is 5.34. The number of hydrogen-bond donors (Lipinski definition) is 0. The van der Waals surface area contributed by atoms with Crippen molar-refractivity contribution in [3.63, 3.8) is 0 Å². The third kappa shape index (κ3) is 6.16. The Morgan fingerprint density at radius 2 is 2.00 bits per heavy atom. The molecule has 0 saturated carbocycles. The van der Waals surface area contributed by atoms with Gasteiger partial charge in [-0.1, -0.05) is 35.7 Å². The van der Waals surface area contributed by atoms with Gasteiger partial charge in [0.15, 0.2) is 5.78 Å². The molecule has 0 aromatic heterocycles. The first kappa shape index (κ1) is 20.5. The Hall–Kier alpha value is -2.77. The maximum absolute atomic E-state index is 12.0. The van der Waals surface area contributed by atoms with Gasteiger partial charge in [0.2, 0.25) is 0 Å². The van der Waals surface area contributed by atoms with E-state index in [1.165, 1.54) is 12.5 Å². The lowest BCUT2D eigenvalue weighted by Crippen LogP contribution is -2.34. The molecule has 0 fully saturated rings. The van der Waals surface area contributed by atoms with Gasteiger partial charge in [-0.25, -0.2) is 0 Å². The molecule has 0 bridgehead atoms. The van der Waals surface area contributed by atoms with Crippen molar-refractivity contribution in [2.24, 2.45) is 0 Å². The van der Waals surface area contributed by atoms with Crippen molar-refractivity contribution >= 4 is 5.78 Å². The van der Waals surface area contributed by atoms with E-state index in [1.807, 2.05) is 50.1 Å². The smallest absolute Gasteiger partial charge is 0.163 e. The van der Waals surface area contributed by atoms with Crippen molar-refractivity contribution in [2.45, 2.75) is 33.4 Å². The standard InChI is InChI=1S/C23H27NO3/c1-6-12-24(5)18(3)15-26-21-10-11-23(22(14-21)19(4)25)27-16-20-9-7-8-17(2)13-20/h1,7-11,13-14,18H,12,15-16H2,2-5H3. The fraction of sp³-hybridized carbons (Fsp3) is 0.348. The summed E-state index contributed by atoms with van der Waals surface area (Å²) < 4.78 is 11.7. The number of benzene rings is 2. The van der Waals surface area contributed by atoms with E-state index in [0.717, 1.165) is 5.56 Å². The number of ether oxygens (including phenoxy) is 2. The van der Waals surface area contributed by atoms with Crippen molar-refractivity contribution in [1.29, 1.82) is 0 Å². The van der Waals surface area contributed by atoms with Gasteiger partial charge >= 0.3 is 0 Å². The van der Waals surface area contributed by atoms with Crippen LogP contribution in [-0.2, 0) is 6.61 Å². The molecule has 0 aliphatic rings. The average molecular weight is 365 g/mol. The highest BCUT2D eigenvalue weighted by Gasteiger charge is 2.13. The molecule has 2 aromatic rings. The van der Waals surface area contributed by atoms with Gasteiger partial charge in [0.05, 0.1) is 12.1 Å². The highest BCUT2D eigenvalue weighted by atomic mass is 16.5. The first-order valence-electron chi connectivity index (χ1n) is 9.00. The summed E-state index contributed by atoms with van der Waals surface area (Å²) in [5.41, 5.74) is 2.76. The number of carbonyl (C=O) groups excluding carboxylic acids is 1. The van der Waals surface area contributed by atoms with Crippen LogP contribution in [0.3, 0.4) is 0 Å². The third-order valence-electron chi connectivity index (χ3n) is 4.39. The molecule has 27 heavy (non-hydrogen) atoms. The predicted octanol–water partition coefficient (Wildman–Crippen LogP) is 4.11. The monoisotopic (exact) mass is 365 g/mol. The summed E-state index contributed by atoms with van der Waals surface area (Å²) in [4.78, 5) is 14.1. The largest absolute Gasteiger partial charge is 0.492 e. The fourth-order valence-electron chi connectivity index (χ4n) is 2.61. The molecule has 142 valence electrons.